The Morgan fingerprint density at radius 2 is 1.85 bits per heavy atom. The predicted molar refractivity (Wildman–Crippen MR) is 117 cm³/mol. The van der Waals surface area contributed by atoms with Crippen LogP contribution in [-0.2, 0) is 6.54 Å². The van der Waals surface area contributed by atoms with Crippen LogP contribution >= 0.6 is 0 Å². The highest BCUT2D eigenvalue weighted by molar-refractivity contribution is 6.23. The van der Waals surface area contributed by atoms with Gasteiger partial charge in [-0.05, 0) is 65.2 Å². The molecule has 0 aliphatic heterocycles. The molecule has 1 N–H and O–H groups in total. The predicted octanol–water partition coefficient (Wildman–Crippen LogP) is 5.03. The van der Waals surface area contributed by atoms with Gasteiger partial charge in [-0.1, -0.05) is 18.2 Å². The molecule has 0 saturated heterocycles. The largest absolute Gasteiger partial charge is 0.384 e. The zero-order valence-electron chi connectivity index (χ0n) is 16.7. The van der Waals surface area contributed by atoms with Crippen LogP contribution in [0.15, 0.2) is 42.5 Å². The summed E-state index contributed by atoms with van der Waals surface area (Å²) < 4.78 is 2.40. The number of para-hydroxylation sites is 1. The minimum Gasteiger partial charge on any atom is -0.384 e. The SMILES string of the molecule is CCn1c2ccccc2c2c3c(NCCCN(C)C)cc(C)nc3ccc21. The lowest BCUT2D eigenvalue weighted by atomic mass is 10.0. The molecule has 0 amide bonds. The Bertz CT molecular complexity index is 1110. The van der Waals surface area contributed by atoms with Crippen LogP contribution in [-0.4, -0.2) is 41.6 Å². The van der Waals surface area contributed by atoms with Crippen LogP contribution in [0.1, 0.15) is 19.0 Å². The molecule has 4 nitrogen and oxygen atoms in total. The van der Waals surface area contributed by atoms with E-state index in [1.165, 1.54) is 32.9 Å². The number of anilines is 1. The second-order valence-electron chi connectivity index (χ2n) is 7.51. The number of rotatable bonds is 6. The summed E-state index contributed by atoms with van der Waals surface area (Å²) >= 11 is 0. The number of nitrogens with zero attached hydrogens (tertiary/aromatic N) is 3. The van der Waals surface area contributed by atoms with Gasteiger partial charge in [0, 0.05) is 51.7 Å². The highest BCUT2D eigenvalue weighted by Crippen LogP contribution is 2.37. The van der Waals surface area contributed by atoms with Gasteiger partial charge in [0.15, 0.2) is 0 Å². The maximum atomic E-state index is 4.83. The molecule has 2 aromatic heterocycles. The summed E-state index contributed by atoms with van der Waals surface area (Å²) in [5.74, 6) is 0. The standard InChI is InChI=1S/C23H28N4/c1-5-27-20-10-7-6-9-17(20)22-21(27)12-11-18-23(22)19(15-16(2)25-18)24-13-8-14-26(3)4/h6-7,9-12,15H,5,8,13-14H2,1-4H3,(H,24,25). The summed E-state index contributed by atoms with van der Waals surface area (Å²) in [4.78, 5) is 7.05. The molecule has 0 spiro atoms. The van der Waals surface area contributed by atoms with Crippen LogP contribution in [0, 0.1) is 6.92 Å². The minimum absolute atomic E-state index is 0.958. The van der Waals surface area contributed by atoms with Crippen LogP contribution in [0.3, 0.4) is 0 Å². The Morgan fingerprint density at radius 1 is 1.04 bits per heavy atom. The molecule has 140 valence electrons. The fourth-order valence-corrected chi connectivity index (χ4v) is 4.10. The lowest BCUT2D eigenvalue weighted by Crippen LogP contribution is -2.16. The maximum Gasteiger partial charge on any atom is 0.0733 e. The lowest BCUT2D eigenvalue weighted by molar-refractivity contribution is 0.405. The first kappa shape index (κ1) is 17.8. The third-order valence-electron chi connectivity index (χ3n) is 5.25. The third-order valence-corrected chi connectivity index (χ3v) is 5.25. The Balaban J connectivity index is 1.94. The normalized spacial score (nSPS) is 11.9. The average molecular weight is 361 g/mol. The molecule has 27 heavy (non-hydrogen) atoms. The van der Waals surface area contributed by atoms with E-state index in [0.717, 1.165) is 37.3 Å². The van der Waals surface area contributed by atoms with Gasteiger partial charge in [0.05, 0.1) is 5.52 Å². The van der Waals surface area contributed by atoms with Gasteiger partial charge in [-0.2, -0.15) is 0 Å². The van der Waals surface area contributed by atoms with Crippen molar-refractivity contribution < 1.29 is 0 Å². The topological polar surface area (TPSA) is 33.1 Å². The lowest BCUT2D eigenvalue weighted by Gasteiger charge is -2.14. The first-order chi connectivity index (χ1) is 13.1. The van der Waals surface area contributed by atoms with Gasteiger partial charge in [-0.15, -0.1) is 0 Å². The van der Waals surface area contributed by atoms with Gasteiger partial charge < -0.3 is 14.8 Å². The molecular weight excluding hydrogens is 332 g/mol. The molecule has 0 aliphatic rings. The van der Waals surface area contributed by atoms with Crippen LogP contribution in [0.2, 0.25) is 0 Å². The second-order valence-corrected chi connectivity index (χ2v) is 7.51. The number of hydrogen-bond acceptors (Lipinski definition) is 3. The third kappa shape index (κ3) is 3.15. The molecule has 0 unspecified atom stereocenters. The van der Waals surface area contributed by atoms with Crippen molar-refractivity contribution in [3.05, 3.63) is 48.2 Å². The first-order valence-corrected chi connectivity index (χ1v) is 9.80. The highest BCUT2D eigenvalue weighted by Gasteiger charge is 2.15. The highest BCUT2D eigenvalue weighted by atomic mass is 15.1. The number of hydrogen-bond donors (Lipinski definition) is 1. The smallest absolute Gasteiger partial charge is 0.0733 e. The van der Waals surface area contributed by atoms with E-state index in [2.05, 4.69) is 85.2 Å². The molecule has 0 bridgehead atoms. The van der Waals surface area contributed by atoms with Crippen LogP contribution in [0.4, 0.5) is 5.69 Å². The van der Waals surface area contributed by atoms with Crippen molar-refractivity contribution in [1.82, 2.24) is 14.5 Å². The fourth-order valence-electron chi connectivity index (χ4n) is 4.10. The van der Waals surface area contributed by atoms with Crippen molar-refractivity contribution in [1.29, 1.82) is 0 Å². The summed E-state index contributed by atoms with van der Waals surface area (Å²) in [5, 5.41) is 7.55. The average Bonchev–Trinajstić information content (AvgIpc) is 2.98. The number of aryl methyl sites for hydroxylation is 2. The summed E-state index contributed by atoms with van der Waals surface area (Å²) in [7, 11) is 4.24. The Hall–Kier alpha value is -2.59. The monoisotopic (exact) mass is 360 g/mol. The van der Waals surface area contributed by atoms with Crippen molar-refractivity contribution in [2.24, 2.45) is 0 Å². The number of pyridine rings is 1. The van der Waals surface area contributed by atoms with Crippen molar-refractivity contribution in [2.45, 2.75) is 26.8 Å². The van der Waals surface area contributed by atoms with Gasteiger partial charge in [-0.25, -0.2) is 0 Å². The van der Waals surface area contributed by atoms with Crippen molar-refractivity contribution in [3.63, 3.8) is 0 Å². The van der Waals surface area contributed by atoms with Crippen LogP contribution < -0.4 is 5.32 Å². The van der Waals surface area contributed by atoms with Gasteiger partial charge in [0.2, 0.25) is 0 Å². The molecule has 4 heteroatoms. The van der Waals surface area contributed by atoms with Gasteiger partial charge >= 0.3 is 0 Å². The summed E-state index contributed by atoms with van der Waals surface area (Å²) in [6, 6.07) is 15.3. The zero-order chi connectivity index (χ0) is 19.0. The van der Waals surface area contributed by atoms with Crippen molar-refractivity contribution >= 4 is 38.4 Å². The van der Waals surface area contributed by atoms with E-state index in [-0.39, 0.29) is 0 Å². The summed E-state index contributed by atoms with van der Waals surface area (Å²) in [6.45, 7) is 7.29. The van der Waals surface area contributed by atoms with E-state index in [0.29, 0.717) is 0 Å². The van der Waals surface area contributed by atoms with Gasteiger partial charge in [0.25, 0.3) is 0 Å². The summed E-state index contributed by atoms with van der Waals surface area (Å²) in [5.41, 5.74) is 5.89. The molecule has 0 fully saturated rings. The van der Waals surface area contributed by atoms with E-state index in [1.54, 1.807) is 0 Å². The number of benzene rings is 2. The molecule has 2 heterocycles. The number of fused-ring (bicyclic) bond motifs is 5. The molecule has 0 aliphatic carbocycles. The minimum atomic E-state index is 0.958. The van der Waals surface area contributed by atoms with E-state index in [9.17, 15) is 0 Å². The van der Waals surface area contributed by atoms with Crippen LogP contribution in [0.5, 0.6) is 0 Å². The van der Waals surface area contributed by atoms with Gasteiger partial charge in [0.1, 0.15) is 0 Å². The second kappa shape index (κ2) is 7.20. The number of nitrogens with one attached hydrogen (secondary N) is 1. The molecular formula is C23H28N4. The number of aromatic nitrogens is 2. The molecule has 0 atom stereocenters. The molecule has 0 radical (unpaired) electrons. The molecule has 0 saturated carbocycles. The van der Waals surface area contributed by atoms with Crippen LogP contribution in [0.25, 0.3) is 32.7 Å². The van der Waals surface area contributed by atoms with Crippen molar-refractivity contribution in [2.75, 3.05) is 32.5 Å². The zero-order valence-corrected chi connectivity index (χ0v) is 16.7. The van der Waals surface area contributed by atoms with E-state index in [1.807, 2.05) is 0 Å². The Labute approximate surface area is 160 Å². The fraction of sp³-hybridized carbons (Fsp3) is 0.348. The van der Waals surface area contributed by atoms with E-state index in [4.69, 9.17) is 4.98 Å². The van der Waals surface area contributed by atoms with Crippen molar-refractivity contribution in [3.8, 4) is 0 Å². The molecule has 2 aromatic carbocycles. The molecule has 4 rings (SSSR count). The quantitative estimate of drug-likeness (QED) is 0.489. The Morgan fingerprint density at radius 3 is 2.63 bits per heavy atom. The maximum absolute atomic E-state index is 4.83. The van der Waals surface area contributed by atoms with E-state index < -0.39 is 0 Å². The summed E-state index contributed by atoms with van der Waals surface area (Å²) in [6.07, 6.45) is 1.11. The first-order valence-electron chi connectivity index (χ1n) is 9.80. The Kier molecular flexibility index (Phi) is 4.75. The molecule has 4 aromatic rings. The van der Waals surface area contributed by atoms with Gasteiger partial charge in [-0.3, -0.25) is 4.98 Å². The van der Waals surface area contributed by atoms with E-state index >= 15 is 0 Å².